The van der Waals surface area contributed by atoms with E-state index in [1.54, 1.807) is 11.2 Å². The molecule has 0 spiro atoms. The number of benzene rings is 2. The highest BCUT2D eigenvalue weighted by Gasteiger charge is 2.17. The number of aryl methyl sites for hydroxylation is 2. The lowest BCUT2D eigenvalue weighted by Crippen LogP contribution is -2.32. The second kappa shape index (κ2) is 9.89. The van der Waals surface area contributed by atoms with Crippen LogP contribution >= 0.6 is 0 Å². The van der Waals surface area contributed by atoms with Gasteiger partial charge in [-0.1, -0.05) is 65.3 Å². The molecule has 6 heteroatoms. The van der Waals surface area contributed by atoms with E-state index in [2.05, 4.69) is 10.1 Å². The molecule has 0 aliphatic rings. The van der Waals surface area contributed by atoms with E-state index in [1.165, 1.54) is 5.56 Å². The van der Waals surface area contributed by atoms with Gasteiger partial charge in [-0.15, -0.1) is 0 Å². The van der Waals surface area contributed by atoms with Gasteiger partial charge in [-0.05, 0) is 31.0 Å². The van der Waals surface area contributed by atoms with E-state index in [1.807, 2.05) is 73.7 Å². The van der Waals surface area contributed by atoms with Gasteiger partial charge in [-0.2, -0.15) is 4.98 Å². The topological polar surface area (TPSA) is 72.4 Å². The van der Waals surface area contributed by atoms with Gasteiger partial charge in [0.15, 0.2) is 0 Å². The van der Waals surface area contributed by atoms with Crippen molar-refractivity contribution in [2.45, 2.75) is 32.7 Å². The van der Waals surface area contributed by atoms with E-state index in [0.717, 1.165) is 16.9 Å². The van der Waals surface area contributed by atoms with Crippen LogP contribution in [-0.2, 0) is 24.2 Å². The fourth-order valence-corrected chi connectivity index (χ4v) is 3.34. The number of carbonyl (C=O) groups is 1. The Morgan fingerprint density at radius 3 is 2.52 bits per heavy atom. The Kier molecular flexibility index (Phi) is 6.57. The molecule has 2 heterocycles. The highest BCUT2D eigenvalue weighted by Crippen LogP contribution is 2.17. The van der Waals surface area contributed by atoms with Crippen molar-refractivity contribution in [3.8, 4) is 11.4 Å². The van der Waals surface area contributed by atoms with Crippen LogP contribution in [-0.4, -0.2) is 27.5 Å². The summed E-state index contributed by atoms with van der Waals surface area (Å²) < 4.78 is 10.9. The Balaban J connectivity index is 1.40. The molecule has 6 nitrogen and oxygen atoms in total. The second-order valence-electron chi connectivity index (χ2n) is 7.51. The normalized spacial score (nSPS) is 10.9. The van der Waals surface area contributed by atoms with Crippen molar-refractivity contribution in [3.05, 3.63) is 95.8 Å². The van der Waals surface area contributed by atoms with Gasteiger partial charge in [0, 0.05) is 24.9 Å². The Labute approximate surface area is 181 Å². The van der Waals surface area contributed by atoms with Crippen molar-refractivity contribution < 1.29 is 13.7 Å². The minimum atomic E-state index is 0.0681. The molecule has 0 N–H and O–H groups in total. The van der Waals surface area contributed by atoms with Crippen LogP contribution in [0.1, 0.15) is 29.2 Å². The molecule has 0 radical (unpaired) electrons. The van der Waals surface area contributed by atoms with E-state index in [0.29, 0.717) is 44.1 Å². The van der Waals surface area contributed by atoms with Crippen LogP contribution in [0.3, 0.4) is 0 Å². The highest BCUT2D eigenvalue weighted by molar-refractivity contribution is 5.76. The number of furan rings is 1. The zero-order valence-electron chi connectivity index (χ0n) is 17.5. The molecule has 0 aliphatic heterocycles. The average molecular weight is 415 g/mol. The van der Waals surface area contributed by atoms with Crippen LogP contribution in [0.4, 0.5) is 0 Å². The molecule has 0 unspecified atom stereocenters. The zero-order valence-corrected chi connectivity index (χ0v) is 17.5. The summed E-state index contributed by atoms with van der Waals surface area (Å²) in [5.74, 6) is 1.89. The first-order chi connectivity index (χ1) is 15.2. The standard InChI is InChI=1S/C25H25N3O3/c1-19-9-12-21(13-10-19)25-26-23(31-27-25)15-16-28(18-22-8-5-17-30-22)24(29)14-11-20-6-3-2-4-7-20/h2-10,12-13,17H,11,14-16,18H2,1H3. The highest BCUT2D eigenvalue weighted by atomic mass is 16.5. The van der Waals surface area contributed by atoms with Gasteiger partial charge in [-0.25, -0.2) is 0 Å². The predicted molar refractivity (Wildman–Crippen MR) is 117 cm³/mol. The number of amides is 1. The molecule has 0 saturated carbocycles. The maximum absolute atomic E-state index is 12.9. The van der Waals surface area contributed by atoms with Gasteiger partial charge < -0.3 is 13.8 Å². The first kappa shape index (κ1) is 20.6. The molecule has 4 aromatic rings. The predicted octanol–water partition coefficient (Wildman–Crippen LogP) is 4.84. The van der Waals surface area contributed by atoms with E-state index >= 15 is 0 Å². The number of hydrogen-bond donors (Lipinski definition) is 0. The minimum Gasteiger partial charge on any atom is -0.467 e. The van der Waals surface area contributed by atoms with E-state index in [-0.39, 0.29) is 5.91 Å². The summed E-state index contributed by atoms with van der Waals surface area (Å²) in [6.45, 7) is 2.93. The quantitative estimate of drug-likeness (QED) is 0.391. The van der Waals surface area contributed by atoms with Gasteiger partial charge in [0.25, 0.3) is 0 Å². The van der Waals surface area contributed by atoms with Crippen molar-refractivity contribution in [2.24, 2.45) is 0 Å². The first-order valence-electron chi connectivity index (χ1n) is 10.4. The molecule has 158 valence electrons. The molecule has 0 atom stereocenters. The molecular formula is C25H25N3O3. The summed E-state index contributed by atoms with van der Waals surface area (Å²) in [6.07, 6.45) is 3.24. The number of rotatable bonds is 9. The largest absolute Gasteiger partial charge is 0.467 e. The van der Waals surface area contributed by atoms with Gasteiger partial charge in [0.2, 0.25) is 17.6 Å². The Morgan fingerprint density at radius 2 is 1.77 bits per heavy atom. The Morgan fingerprint density at radius 1 is 0.968 bits per heavy atom. The third-order valence-corrected chi connectivity index (χ3v) is 5.12. The molecule has 2 aromatic carbocycles. The number of hydrogen-bond acceptors (Lipinski definition) is 5. The molecule has 31 heavy (non-hydrogen) atoms. The second-order valence-corrected chi connectivity index (χ2v) is 7.51. The molecule has 0 fully saturated rings. The summed E-state index contributed by atoms with van der Waals surface area (Å²) in [4.78, 5) is 19.2. The smallest absolute Gasteiger partial charge is 0.228 e. The molecule has 0 aliphatic carbocycles. The van der Waals surface area contributed by atoms with Crippen LogP contribution in [0.15, 0.2) is 81.9 Å². The fourth-order valence-electron chi connectivity index (χ4n) is 3.34. The van der Waals surface area contributed by atoms with E-state index in [4.69, 9.17) is 8.94 Å². The molecule has 0 bridgehead atoms. The van der Waals surface area contributed by atoms with Crippen molar-refractivity contribution in [3.63, 3.8) is 0 Å². The summed E-state index contributed by atoms with van der Waals surface area (Å²) in [6, 6.07) is 21.7. The van der Waals surface area contributed by atoms with Crippen LogP contribution in [0.25, 0.3) is 11.4 Å². The number of aromatic nitrogens is 2. The fraction of sp³-hybridized carbons (Fsp3) is 0.240. The van der Waals surface area contributed by atoms with Crippen LogP contribution < -0.4 is 0 Å². The zero-order chi connectivity index (χ0) is 21.5. The molecular weight excluding hydrogens is 390 g/mol. The monoisotopic (exact) mass is 415 g/mol. The van der Waals surface area contributed by atoms with Crippen LogP contribution in [0.2, 0.25) is 0 Å². The van der Waals surface area contributed by atoms with Gasteiger partial charge in [-0.3, -0.25) is 4.79 Å². The summed E-state index contributed by atoms with van der Waals surface area (Å²) in [7, 11) is 0. The maximum atomic E-state index is 12.9. The molecule has 2 aromatic heterocycles. The lowest BCUT2D eigenvalue weighted by Gasteiger charge is -2.21. The Hall–Kier alpha value is -3.67. The summed E-state index contributed by atoms with van der Waals surface area (Å²) in [5, 5.41) is 4.08. The first-order valence-corrected chi connectivity index (χ1v) is 10.4. The molecule has 1 amide bonds. The third kappa shape index (κ3) is 5.69. The molecule has 4 rings (SSSR count). The van der Waals surface area contributed by atoms with Crippen molar-refractivity contribution in [1.29, 1.82) is 0 Å². The van der Waals surface area contributed by atoms with Gasteiger partial charge >= 0.3 is 0 Å². The van der Waals surface area contributed by atoms with Crippen molar-refractivity contribution in [1.82, 2.24) is 15.0 Å². The Bertz CT molecular complexity index is 1090. The van der Waals surface area contributed by atoms with Crippen LogP contribution in [0, 0.1) is 6.92 Å². The SMILES string of the molecule is Cc1ccc(-c2noc(CCN(Cc3ccco3)C(=O)CCc3ccccc3)n2)cc1. The summed E-state index contributed by atoms with van der Waals surface area (Å²) >= 11 is 0. The van der Waals surface area contributed by atoms with Crippen LogP contribution in [0.5, 0.6) is 0 Å². The van der Waals surface area contributed by atoms with Gasteiger partial charge in [0.05, 0.1) is 12.8 Å². The maximum Gasteiger partial charge on any atom is 0.228 e. The van der Waals surface area contributed by atoms with E-state index in [9.17, 15) is 4.79 Å². The van der Waals surface area contributed by atoms with Gasteiger partial charge in [0.1, 0.15) is 5.76 Å². The minimum absolute atomic E-state index is 0.0681. The van der Waals surface area contributed by atoms with Crippen molar-refractivity contribution >= 4 is 5.91 Å². The van der Waals surface area contributed by atoms with Crippen molar-refractivity contribution in [2.75, 3.05) is 6.54 Å². The van der Waals surface area contributed by atoms with E-state index < -0.39 is 0 Å². The summed E-state index contributed by atoms with van der Waals surface area (Å²) in [5.41, 5.74) is 3.23. The average Bonchev–Trinajstić information content (AvgIpc) is 3.48. The molecule has 0 saturated heterocycles. The third-order valence-electron chi connectivity index (χ3n) is 5.12. The number of carbonyl (C=O) groups excluding carboxylic acids is 1. The lowest BCUT2D eigenvalue weighted by atomic mass is 10.1. The number of nitrogens with zero attached hydrogens (tertiary/aromatic N) is 3. The lowest BCUT2D eigenvalue weighted by molar-refractivity contribution is -0.132.